The molecule has 0 radical (unpaired) electrons. The first-order valence-electron chi connectivity index (χ1n) is 12.5. The Bertz CT molecular complexity index is 1370. The number of ether oxygens (including phenoxy) is 1. The van der Waals surface area contributed by atoms with E-state index in [1.807, 2.05) is 20.8 Å². The molecule has 4 atom stereocenters. The number of nitrogens with zero attached hydrogens (tertiary/aromatic N) is 3. The Hall–Kier alpha value is -4.05. The van der Waals surface area contributed by atoms with Crippen molar-refractivity contribution in [3.8, 4) is 0 Å². The van der Waals surface area contributed by atoms with Gasteiger partial charge in [0.25, 0.3) is 5.69 Å². The van der Waals surface area contributed by atoms with Crippen LogP contribution in [0.25, 0.3) is 0 Å². The zero-order valence-electron chi connectivity index (χ0n) is 21.6. The number of carbonyl (C=O) groups is 2. The zero-order valence-corrected chi connectivity index (χ0v) is 21.6. The topological polar surface area (TPSA) is 132 Å². The maximum atomic E-state index is 13.3. The average Bonchev–Trinajstić information content (AvgIpc) is 3.45. The smallest absolute Gasteiger partial charge is 0.355 e. The van der Waals surface area contributed by atoms with Gasteiger partial charge in [-0.25, -0.2) is 4.79 Å². The van der Waals surface area contributed by atoms with E-state index in [-0.39, 0.29) is 29.9 Å². The maximum Gasteiger partial charge on any atom is 0.355 e. The van der Waals surface area contributed by atoms with E-state index in [1.165, 1.54) is 29.2 Å². The quantitative estimate of drug-likeness (QED) is 0.256. The number of β-lactam (4-membered cyclic amide) rings is 1. The lowest BCUT2D eigenvalue weighted by Crippen LogP contribution is -2.61. The van der Waals surface area contributed by atoms with E-state index >= 15 is 0 Å². The summed E-state index contributed by atoms with van der Waals surface area (Å²) in [6, 6.07) is 9.54. The highest BCUT2D eigenvalue weighted by Crippen LogP contribution is 2.46. The Balaban J connectivity index is 1.39. The van der Waals surface area contributed by atoms with Crippen LogP contribution in [0.1, 0.15) is 47.6 Å². The second kappa shape index (κ2) is 9.68. The van der Waals surface area contributed by atoms with Crippen LogP contribution in [0.3, 0.4) is 0 Å². The largest absolute Gasteiger partial charge is 0.456 e. The summed E-state index contributed by atoms with van der Waals surface area (Å²) in [5.74, 6) is -1.61. The molecule has 1 N–H and O–H groups in total. The third kappa shape index (κ3) is 4.34. The summed E-state index contributed by atoms with van der Waals surface area (Å²) < 4.78 is 5.55. The molecule has 3 aliphatic heterocycles. The summed E-state index contributed by atoms with van der Waals surface area (Å²) in [6.07, 6.45) is -0.578. The number of nitro benzene ring substituents is 1. The molecule has 2 aromatic rings. The van der Waals surface area contributed by atoms with E-state index in [9.17, 15) is 24.8 Å². The number of rotatable bonds is 7. The van der Waals surface area contributed by atoms with Gasteiger partial charge < -0.3 is 19.6 Å². The van der Waals surface area contributed by atoms with Gasteiger partial charge in [-0.2, -0.15) is 0 Å². The number of nitro groups is 1. The minimum Gasteiger partial charge on any atom is -0.456 e. The van der Waals surface area contributed by atoms with Crippen molar-refractivity contribution in [1.82, 2.24) is 4.90 Å². The number of oxime groups is 1. The van der Waals surface area contributed by atoms with Crippen LogP contribution in [0, 0.1) is 36.8 Å². The molecule has 5 rings (SSSR count). The zero-order chi connectivity index (χ0) is 27.3. The van der Waals surface area contributed by atoms with Crippen molar-refractivity contribution in [2.24, 2.45) is 11.1 Å². The van der Waals surface area contributed by atoms with E-state index in [0.717, 1.165) is 28.0 Å². The van der Waals surface area contributed by atoms with Crippen LogP contribution >= 0.6 is 0 Å². The van der Waals surface area contributed by atoms with Crippen LogP contribution in [0.2, 0.25) is 0 Å². The summed E-state index contributed by atoms with van der Waals surface area (Å²) in [7, 11) is 0. The Morgan fingerprint density at radius 1 is 1.21 bits per heavy atom. The van der Waals surface area contributed by atoms with Crippen LogP contribution in [0.5, 0.6) is 0 Å². The van der Waals surface area contributed by atoms with Crippen LogP contribution < -0.4 is 0 Å². The van der Waals surface area contributed by atoms with Crippen LogP contribution in [-0.4, -0.2) is 50.8 Å². The second-order valence-corrected chi connectivity index (χ2v) is 10.2. The van der Waals surface area contributed by atoms with E-state index in [0.29, 0.717) is 24.0 Å². The van der Waals surface area contributed by atoms with Gasteiger partial charge in [0.15, 0.2) is 6.10 Å². The molecule has 1 saturated heterocycles. The molecule has 0 aliphatic carbocycles. The fourth-order valence-corrected chi connectivity index (χ4v) is 5.86. The molecular formula is C28H29N3O7. The predicted octanol–water partition coefficient (Wildman–Crippen LogP) is 3.62. The van der Waals surface area contributed by atoms with Gasteiger partial charge in [0, 0.05) is 29.7 Å². The number of hydrogen-bond acceptors (Lipinski definition) is 8. The van der Waals surface area contributed by atoms with Gasteiger partial charge in [0.2, 0.25) is 5.91 Å². The molecule has 0 aromatic heterocycles. The number of aliphatic hydroxyl groups is 1. The molecule has 1 amide bonds. The molecule has 3 heterocycles. The lowest BCUT2D eigenvalue weighted by molar-refractivity contribution is -0.384. The Morgan fingerprint density at radius 3 is 2.47 bits per heavy atom. The molecule has 10 nitrogen and oxygen atoms in total. The van der Waals surface area contributed by atoms with Crippen molar-refractivity contribution >= 4 is 23.3 Å². The summed E-state index contributed by atoms with van der Waals surface area (Å²) in [5, 5.41) is 25.4. The number of fused-ring (bicyclic) bond motifs is 1. The highest BCUT2D eigenvalue weighted by Gasteiger charge is 2.58. The van der Waals surface area contributed by atoms with Gasteiger partial charge in [-0.05, 0) is 62.9 Å². The predicted molar refractivity (Wildman–Crippen MR) is 137 cm³/mol. The molecule has 0 saturated carbocycles. The first kappa shape index (κ1) is 25.6. The van der Waals surface area contributed by atoms with Crippen LogP contribution in [0.4, 0.5) is 5.69 Å². The summed E-state index contributed by atoms with van der Waals surface area (Å²) in [4.78, 5) is 43.9. The van der Waals surface area contributed by atoms with Crippen molar-refractivity contribution in [3.05, 3.63) is 85.6 Å². The molecule has 0 unspecified atom stereocenters. The average molecular weight is 520 g/mol. The third-order valence-electron chi connectivity index (χ3n) is 7.50. The number of esters is 1. The number of aliphatic hydroxyl groups excluding tert-OH is 1. The molecule has 1 fully saturated rings. The van der Waals surface area contributed by atoms with Gasteiger partial charge in [-0.1, -0.05) is 22.9 Å². The number of non-ortho nitro benzene ring substituents is 1. The fraction of sp³-hybridized carbons (Fsp3) is 0.393. The van der Waals surface area contributed by atoms with Gasteiger partial charge in [0.05, 0.1) is 28.7 Å². The van der Waals surface area contributed by atoms with Gasteiger partial charge >= 0.3 is 5.97 Å². The van der Waals surface area contributed by atoms with Crippen molar-refractivity contribution in [2.45, 2.75) is 65.4 Å². The molecule has 0 spiro atoms. The number of aryl methyl sites for hydroxylation is 3. The summed E-state index contributed by atoms with van der Waals surface area (Å²) in [5.41, 5.74) is 6.40. The van der Waals surface area contributed by atoms with Crippen molar-refractivity contribution < 1.29 is 29.2 Å². The molecule has 0 bridgehead atoms. The lowest BCUT2D eigenvalue weighted by atomic mass is 9.82. The van der Waals surface area contributed by atoms with E-state index < -0.39 is 29.0 Å². The number of benzene rings is 2. The highest BCUT2D eigenvalue weighted by molar-refractivity contribution is 6.05. The Morgan fingerprint density at radius 2 is 1.87 bits per heavy atom. The monoisotopic (exact) mass is 519 g/mol. The molecule has 198 valence electrons. The van der Waals surface area contributed by atoms with E-state index in [2.05, 4.69) is 17.3 Å². The fourth-order valence-electron chi connectivity index (χ4n) is 5.86. The number of carbonyl (C=O) groups excluding carboxylic acids is 2. The SMILES string of the molecule is Cc1cc(C)c(C2=NO[C@@H](C3=C(C(=O)OCc4ccc([N+](=O)[O-])cc4)N4C(=O)[C@H]([C@@H](C)O)[C@H]4C3)C2)c(C)c1. The number of hydrogen-bond donors (Lipinski definition) is 1. The Labute approximate surface area is 219 Å². The minimum absolute atomic E-state index is 0.0627. The maximum absolute atomic E-state index is 13.3. The van der Waals surface area contributed by atoms with Gasteiger partial charge in [-0.15, -0.1) is 0 Å². The summed E-state index contributed by atoms with van der Waals surface area (Å²) >= 11 is 0. The van der Waals surface area contributed by atoms with Crippen LogP contribution in [0.15, 0.2) is 52.8 Å². The normalized spacial score (nSPS) is 23.0. The van der Waals surface area contributed by atoms with E-state index in [4.69, 9.17) is 9.57 Å². The minimum atomic E-state index is -0.852. The molecule has 2 aromatic carbocycles. The highest BCUT2D eigenvalue weighted by atomic mass is 16.6. The molecule has 3 aliphatic rings. The van der Waals surface area contributed by atoms with Gasteiger partial charge in [-0.3, -0.25) is 14.9 Å². The first-order chi connectivity index (χ1) is 18.1. The van der Waals surface area contributed by atoms with E-state index in [1.54, 1.807) is 6.92 Å². The van der Waals surface area contributed by atoms with Gasteiger partial charge in [0.1, 0.15) is 12.3 Å². The molecule has 38 heavy (non-hydrogen) atoms. The lowest BCUT2D eigenvalue weighted by Gasteiger charge is -2.44. The van der Waals surface area contributed by atoms with Crippen molar-refractivity contribution in [2.75, 3.05) is 0 Å². The van der Waals surface area contributed by atoms with Crippen molar-refractivity contribution in [1.29, 1.82) is 0 Å². The summed E-state index contributed by atoms with van der Waals surface area (Å²) in [6.45, 7) is 7.55. The first-order valence-corrected chi connectivity index (χ1v) is 12.5. The molecule has 10 heteroatoms. The Kier molecular flexibility index (Phi) is 6.52. The van der Waals surface area contributed by atoms with Crippen LogP contribution in [-0.2, 0) is 25.8 Å². The third-order valence-corrected chi connectivity index (χ3v) is 7.50. The standard InChI is InChI=1S/C28H29N3O7/c1-14-9-15(2)24(16(3)10-14)21-12-23(38-29-21)20-11-22-25(17(4)32)27(33)30(22)26(20)28(34)37-13-18-5-7-19(8-6-18)31(35)36/h5-10,17,22-23,25,32H,11-13H2,1-4H3/t17-,22-,23-,25-/m1/s1. The second-order valence-electron chi connectivity index (χ2n) is 10.2. The van der Waals surface area contributed by atoms with Crippen molar-refractivity contribution in [3.63, 3.8) is 0 Å². The molecular weight excluding hydrogens is 490 g/mol. The number of amides is 1.